The van der Waals surface area contributed by atoms with Crippen LogP contribution in [0.4, 0.5) is 0 Å². The number of hydrogen-bond acceptors (Lipinski definition) is 3. The van der Waals surface area contributed by atoms with Gasteiger partial charge in [-0.1, -0.05) is 0 Å². The van der Waals surface area contributed by atoms with Gasteiger partial charge in [-0.15, -0.1) is 11.6 Å². The van der Waals surface area contributed by atoms with Crippen LogP contribution in [0.5, 0.6) is 11.5 Å². The Kier molecular flexibility index (Phi) is 5.43. The SMILES string of the molecule is COc1ccc(OCC(C)OC)c(CCl)c1. The maximum atomic E-state index is 5.84. The van der Waals surface area contributed by atoms with Crippen molar-refractivity contribution in [3.05, 3.63) is 23.8 Å². The minimum Gasteiger partial charge on any atom is -0.497 e. The summed E-state index contributed by atoms with van der Waals surface area (Å²) in [4.78, 5) is 0. The minimum absolute atomic E-state index is 0.0604. The molecule has 0 fully saturated rings. The van der Waals surface area contributed by atoms with E-state index >= 15 is 0 Å². The molecule has 1 unspecified atom stereocenters. The Labute approximate surface area is 101 Å². The molecule has 90 valence electrons. The number of benzene rings is 1. The molecule has 0 aliphatic heterocycles. The van der Waals surface area contributed by atoms with E-state index < -0.39 is 0 Å². The Morgan fingerprint density at radius 3 is 2.62 bits per heavy atom. The summed E-state index contributed by atoms with van der Waals surface area (Å²) in [5, 5.41) is 0. The molecule has 0 aliphatic rings. The van der Waals surface area contributed by atoms with Crippen LogP contribution in [0.1, 0.15) is 12.5 Å². The molecular formula is C12H17ClO3. The summed E-state index contributed by atoms with van der Waals surface area (Å²) < 4.78 is 15.8. The molecule has 4 heteroatoms. The van der Waals surface area contributed by atoms with Crippen LogP contribution in [0.3, 0.4) is 0 Å². The highest BCUT2D eigenvalue weighted by Crippen LogP contribution is 2.25. The van der Waals surface area contributed by atoms with Crippen molar-refractivity contribution in [2.24, 2.45) is 0 Å². The van der Waals surface area contributed by atoms with Crippen LogP contribution in [0, 0.1) is 0 Å². The molecule has 1 aromatic carbocycles. The quantitative estimate of drug-likeness (QED) is 0.721. The summed E-state index contributed by atoms with van der Waals surface area (Å²) in [6, 6.07) is 5.58. The summed E-state index contributed by atoms with van der Waals surface area (Å²) in [6.07, 6.45) is 0.0604. The van der Waals surface area contributed by atoms with Gasteiger partial charge in [-0.05, 0) is 25.1 Å². The molecule has 0 radical (unpaired) electrons. The van der Waals surface area contributed by atoms with Crippen molar-refractivity contribution in [1.29, 1.82) is 0 Å². The zero-order valence-electron chi connectivity index (χ0n) is 9.83. The Hall–Kier alpha value is -0.930. The Bertz CT molecular complexity index is 328. The van der Waals surface area contributed by atoms with Gasteiger partial charge in [0.2, 0.25) is 0 Å². The highest BCUT2D eigenvalue weighted by molar-refractivity contribution is 6.17. The summed E-state index contributed by atoms with van der Waals surface area (Å²) in [7, 11) is 3.28. The van der Waals surface area contributed by atoms with Crippen molar-refractivity contribution in [3.63, 3.8) is 0 Å². The fourth-order valence-electron chi connectivity index (χ4n) is 1.20. The van der Waals surface area contributed by atoms with Gasteiger partial charge < -0.3 is 14.2 Å². The van der Waals surface area contributed by atoms with Gasteiger partial charge in [0, 0.05) is 12.7 Å². The number of rotatable bonds is 6. The number of hydrogen-bond donors (Lipinski definition) is 0. The van der Waals surface area contributed by atoms with E-state index in [0.29, 0.717) is 12.5 Å². The van der Waals surface area contributed by atoms with Crippen LogP contribution in [0.2, 0.25) is 0 Å². The molecule has 0 bridgehead atoms. The third-order valence-corrected chi connectivity index (χ3v) is 2.58. The monoisotopic (exact) mass is 244 g/mol. The summed E-state index contributed by atoms with van der Waals surface area (Å²) in [5.74, 6) is 1.95. The van der Waals surface area contributed by atoms with Crippen LogP contribution in [-0.2, 0) is 10.6 Å². The van der Waals surface area contributed by atoms with E-state index in [2.05, 4.69) is 0 Å². The average Bonchev–Trinajstić information content (AvgIpc) is 2.35. The number of halogens is 1. The second kappa shape index (κ2) is 6.61. The molecule has 0 spiro atoms. The van der Waals surface area contributed by atoms with Crippen molar-refractivity contribution in [2.75, 3.05) is 20.8 Å². The molecule has 0 amide bonds. The van der Waals surface area contributed by atoms with Crippen molar-refractivity contribution in [2.45, 2.75) is 18.9 Å². The van der Waals surface area contributed by atoms with Crippen molar-refractivity contribution < 1.29 is 14.2 Å². The molecule has 3 nitrogen and oxygen atoms in total. The van der Waals surface area contributed by atoms with Gasteiger partial charge in [0.1, 0.15) is 18.1 Å². The summed E-state index contributed by atoms with van der Waals surface area (Å²) >= 11 is 5.84. The molecule has 0 saturated carbocycles. The molecule has 0 heterocycles. The first-order valence-electron chi connectivity index (χ1n) is 5.09. The molecule has 0 N–H and O–H groups in total. The van der Waals surface area contributed by atoms with E-state index in [4.69, 9.17) is 25.8 Å². The number of methoxy groups -OCH3 is 2. The van der Waals surface area contributed by atoms with Gasteiger partial charge >= 0.3 is 0 Å². The smallest absolute Gasteiger partial charge is 0.124 e. The molecular weight excluding hydrogens is 228 g/mol. The largest absolute Gasteiger partial charge is 0.497 e. The third kappa shape index (κ3) is 3.58. The van der Waals surface area contributed by atoms with Crippen LogP contribution in [0.15, 0.2) is 18.2 Å². The van der Waals surface area contributed by atoms with Crippen molar-refractivity contribution in [1.82, 2.24) is 0 Å². The fraction of sp³-hybridized carbons (Fsp3) is 0.500. The van der Waals surface area contributed by atoms with Crippen molar-refractivity contribution >= 4 is 11.6 Å². The van der Waals surface area contributed by atoms with Gasteiger partial charge in [-0.2, -0.15) is 0 Å². The predicted octanol–water partition coefficient (Wildman–Crippen LogP) is 2.85. The second-order valence-corrected chi connectivity index (χ2v) is 3.73. The van der Waals surface area contributed by atoms with E-state index in [9.17, 15) is 0 Å². The second-order valence-electron chi connectivity index (χ2n) is 3.46. The third-order valence-electron chi connectivity index (χ3n) is 2.29. The minimum atomic E-state index is 0.0604. The van der Waals surface area contributed by atoms with E-state index in [1.165, 1.54) is 0 Å². The predicted molar refractivity (Wildman–Crippen MR) is 64.5 cm³/mol. The standard InChI is InChI=1S/C12H17ClO3/c1-9(14-2)8-16-12-5-4-11(15-3)6-10(12)7-13/h4-6,9H,7-8H2,1-3H3. The van der Waals surface area contributed by atoms with Gasteiger partial charge in [-0.25, -0.2) is 0 Å². The molecule has 1 atom stereocenters. The van der Waals surface area contributed by atoms with Crippen LogP contribution < -0.4 is 9.47 Å². The first-order chi connectivity index (χ1) is 7.71. The summed E-state index contributed by atoms with van der Waals surface area (Å²) in [5.41, 5.74) is 0.921. The molecule has 1 rings (SSSR count). The number of alkyl halides is 1. The van der Waals surface area contributed by atoms with Gasteiger partial charge in [0.25, 0.3) is 0 Å². The summed E-state index contributed by atoms with van der Waals surface area (Å²) in [6.45, 7) is 2.45. The van der Waals surface area contributed by atoms with Crippen molar-refractivity contribution in [3.8, 4) is 11.5 Å². The molecule has 16 heavy (non-hydrogen) atoms. The molecule has 1 aromatic rings. The highest BCUT2D eigenvalue weighted by Gasteiger charge is 2.07. The van der Waals surface area contributed by atoms with E-state index in [1.54, 1.807) is 14.2 Å². The topological polar surface area (TPSA) is 27.7 Å². The maximum absolute atomic E-state index is 5.84. The van der Waals surface area contributed by atoms with E-state index in [0.717, 1.165) is 17.1 Å². The van der Waals surface area contributed by atoms with E-state index in [1.807, 2.05) is 25.1 Å². The van der Waals surface area contributed by atoms with Gasteiger partial charge in [0.15, 0.2) is 0 Å². The van der Waals surface area contributed by atoms with Gasteiger partial charge in [-0.3, -0.25) is 0 Å². The van der Waals surface area contributed by atoms with Gasteiger partial charge in [0.05, 0.1) is 19.1 Å². The van der Waals surface area contributed by atoms with Crippen LogP contribution in [0.25, 0.3) is 0 Å². The Morgan fingerprint density at radius 1 is 1.31 bits per heavy atom. The first kappa shape index (κ1) is 13.1. The number of ether oxygens (including phenoxy) is 3. The first-order valence-corrected chi connectivity index (χ1v) is 5.63. The highest BCUT2D eigenvalue weighted by atomic mass is 35.5. The lowest BCUT2D eigenvalue weighted by molar-refractivity contribution is 0.0714. The molecule has 0 saturated heterocycles. The molecule has 0 aromatic heterocycles. The van der Waals surface area contributed by atoms with Crippen LogP contribution in [-0.4, -0.2) is 26.9 Å². The molecule has 0 aliphatic carbocycles. The lowest BCUT2D eigenvalue weighted by atomic mass is 10.2. The van der Waals surface area contributed by atoms with E-state index in [-0.39, 0.29) is 6.10 Å². The maximum Gasteiger partial charge on any atom is 0.124 e. The Morgan fingerprint density at radius 2 is 2.06 bits per heavy atom. The average molecular weight is 245 g/mol. The van der Waals surface area contributed by atoms with Crippen LogP contribution >= 0.6 is 11.6 Å². The lowest BCUT2D eigenvalue weighted by Crippen LogP contribution is -2.16. The zero-order valence-corrected chi connectivity index (χ0v) is 10.6. The normalized spacial score (nSPS) is 12.2. The fourth-order valence-corrected chi connectivity index (χ4v) is 1.41. The Balaban J connectivity index is 2.71. The lowest BCUT2D eigenvalue weighted by Gasteiger charge is -2.14. The zero-order chi connectivity index (χ0) is 12.0.